The van der Waals surface area contributed by atoms with Gasteiger partial charge in [0, 0.05) is 34.5 Å². The molecule has 1 amide bonds. The van der Waals surface area contributed by atoms with Crippen LogP contribution in [0.1, 0.15) is 28.7 Å². The van der Waals surface area contributed by atoms with E-state index in [-0.39, 0.29) is 24.5 Å². The van der Waals surface area contributed by atoms with Gasteiger partial charge in [-0.15, -0.1) is 0 Å². The minimum Gasteiger partial charge on any atom is -0.508 e. The van der Waals surface area contributed by atoms with Crippen molar-refractivity contribution in [1.82, 2.24) is 5.32 Å². The summed E-state index contributed by atoms with van der Waals surface area (Å²) in [6.45, 7) is 3.93. The van der Waals surface area contributed by atoms with E-state index in [1.807, 2.05) is 19.1 Å². The zero-order valence-electron chi connectivity index (χ0n) is 15.1. The number of amides is 1. The molecule has 0 bridgehead atoms. The van der Waals surface area contributed by atoms with Crippen LogP contribution in [0.2, 0.25) is 5.02 Å². The Hall–Kier alpha value is -2.79. The Morgan fingerprint density at radius 2 is 1.81 bits per heavy atom. The molecule has 0 aliphatic heterocycles. The minimum atomic E-state index is -0.473. The number of rotatable bonds is 5. The van der Waals surface area contributed by atoms with Crippen molar-refractivity contribution < 1.29 is 14.3 Å². The molecule has 6 heteroatoms. The van der Waals surface area contributed by atoms with E-state index in [1.165, 1.54) is 0 Å². The number of carbonyl (C=O) groups excluding carboxylic acids is 1. The van der Waals surface area contributed by atoms with Gasteiger partial charge in [0.1, 0.15) is 11.3 Å². The van der Waals surface area contributed by atoms with Crippen LogP contribution in [0.15, 0.2) is 45.6 Å². The van der Waals surface area contributed by atoms with Gasteiger partial charge in [-0.3, -0.25) is 4.79 Å². The number of hydrogen-bond acceptors (Lipinski definition) is 4. The number of aryl methyl sites for hydroxylation is 2. The third-order valence-corrected chi connectivity index (χ3v) is 4.93. The van der Waals surface area contributed by atoms with Crippen molar-refractivity contribution in [2.45, 2.75) is 33.2 Å². The summed E-state index contributed by atoms with van der Waals surface area (Å²) < 4.78 is 5.40. The minimum absolute atomic E-state index is 0.0828. The molecule has 0 atom stereocenters. The Morgan fingerprint density at radius 1 is 1.11 bits per heavy atom. The molecule has 2 N–H and O–H groups in total. The van der Waals surface area contributed by atoms with E-state index in [4.69, 9.17) is 16.0 Å². The van der Waals surface area contributed by atoms with Crippen LogP contribution in [0.5, 0.6) is 5.75 Å². The molecular formula is C21H20ClNO4. The Kier molecular flexibility index (Phi) is 5.51. The van der Waals surface area contributed by atoms with Crippen LogP contribution in [-0.4, -0.2) is 11.0 Å². The summed E-state index contributed by atoms with van der Waals surface area (Å²) in [6, 6.07) is 10.5. The summed E-state index contributed by atoms with van der Waals surface area (Å²) in [4.78, 5) is 24.5. The van der Waals surface area contributed by atoms with Gasteiger partial charge >= 0.3 is 5.63 Å². The van der Waals surface area contributed by atoms with Crippen LogP contribution >= 0.6 is 11.6 Å². The Bertz CT molecular complexity index is 1050. The first-order chi connectivity index (χ1) is 12.9. The maximum Gasteiger partial charge on any atom is 0.339 e. The summed E-state index contributed by atoms with van der Waals surface area (Å²) in [6.07, 6.45) is 0.470. The van der Waals surface area contributed by atoms with Gasteiger partial charge in [-0.1, -0.05) is 23.7 Å². The van der Waals surface area contributed by atoms with Crippen molar-refractivity contribution in [2.24, 2.45) is 0 Å². The van der Waals surface area contributed by atoms with E-state index in [9.17, 15) is 14.7 Å². The molecule has 0 spiro atoms. The highest BCUT2D eigenvalue weighted by Crippen LogP contribution is 2.28. The maximum atomic E-state index is 12.3. The number of halogens is 1. The van der Waals surface area contributed by atoms with Crippen molar-refractivity contribution in [3.05, 3.63) is 74.1 Å². The number of aromatic hydroxyl groups is 1. The van der Waals surface area contributed by atoms with E-state index in [1.54, 1.807) is 31.2 Å². The standard InChI is InChI=1S/C21H20ClNO4/c1-12-16-7-9-18(24)13(2)20(16)27-21(26)17(12)8-10-19(25)23-11-14-3-5-15(22)6-4-14/h3-7,9,24H,8,10-11H2,1-2H3,(H,23,25). The summed E-state index contributed by atoms with van der Waals surface area (Å²) in [5, 5.41) is 14.0. The maximum absolute atomic E-state index is 12.3. The van der Waals surface area contributed by atoms with Gasteiger partial charge in [-0.25, -0.2) is 4.79 Å². The average molecular weight is 386 g/mol. The normalized spacial score (nSPS) is 10.9. The molecule has 5 nitrogen and oxygen atoms in total. The lowest BCUT2D eigenvalue weighted by molar-refractivity contribution is -0.121. The van der Waals surface area contributed by atoms with Gasteiger partial charge in [0.25, 0.3) is 0 Å². The fraction of sp³-hybridized carbons (Fsp3) is 0.238. The van der Waals surface area contributed by atoms with Gasteiger partial charge in [-0.2, -0.15) is 0 Å². The number of fused-ring (bicyclic) bond motifs is 1. The first kappa shape index (κ1) is 19.0. The number of phenolic OH excluding ortho intramolecular Hbond substituents is 1. The van der Waals surface area contributed by atoms with Crippen LogP contribution in [0.25, 0.3) is 11.0 Å². The van der Waals surface area contributed by atoms with Crippen molar-refractivity contribution in [2.75, 3.05) is 0 Å². The second-order valence-electron chi connectivity index (χ2n) is 6.48. The third kappa shape index (κ3) is 4.14. The molecule has 140 valence electrons. The second kappa shape index (κ2) is 7.84. The lowest BCUT2D eigenvalue weighted by Crippen LogP contribution is -2.24. The smallest absolute Gasteiger partial charge is 0.339 e. The molecule has 3 aromatic rings. The van der Waals surface area contributed by atoms with E-state index < -0.39 is 5.63 Å². The van der Waals surface area contributed by atoms with E-state index in [0.29, 0.717) is 28.3 Å². The van der Waals surface area contributed by atoms with Crippen LogP contribution in [0, 0.1) is 13.8 Å². The Morgan fingerprint density at radius 3 is 2.52 bits per heavy atom. The Balaban J connectivity index is 1.71. The van der Waals surface area contributed by atoms with Crippen molar-refractivity contribution in [3.8, 4) is 5.75 Å². The average Bonchev–Trinajstić information content (AvgIpc) is 2.64. The molecule has 0 saturated carbocycles. The second-order valence-corrected chi connectivity index (χ2v) is 6.92. The predicted octanol–water partition coefficient (Wildman–Crippen LogP) is 4.02. The SMILES string of the molecule is Cc1c(CCC(=O)NCc2ccc(Cl)cc2)c(=O)oc2c(C)c(O)ccc12. The zero-order chi connectivity index (χ0) is 19.6. The first-order valence-corrected chi connectivity index (χ1v) is 9.00. The van der Waals surface area contributed by atoms with Gasteiger partial charge in [0.15, 0.2) is 0 Å². The van der Waals surface area contributed by atoms with Crippen LogP contribution in [0.4, 0.5) is 0 Å². The number of phenols is 1. The molecular weight excluding hydrogens is 366 g/mol. The van der Waals surface area contributed by atoms with E-state index >= 15 is 0 Å². The van der Waals surface area contributed by atoms with Gasteiger partial charge < -0.3 is 14.8 Å². The molecule has 1 heterocycles. The first-order valence-electron chi connectivity index (χ1n) is 8.63. The molecule has 0 fully saturated rings. The highest BCUT2D eigenvalue weighted by molar-refractivity contribution is 6.30. The molecule has 0 saturated heterocycles. The largest absolute Gasteiger partial charge is 0.508 e. The molecule has 1 aromatic heterocycles. The van der Waals surface area contributed by atoms with Crippen LogP contribution in [-0.2, 0) is 17.8 Å². The van der Waals surface area contributed by atoms with E-state index in [0.717, 1.165) is 16.5 Å². The zero-order valence-corrected chi connectivity index (χ0v) is 15.9. The molecule has 2 aromatic carbocycles. The number of benzene rings is 2. The third-order valence-electron chi connectivity index (χ3n) is 4.68. The molecule has 0 aliphatic carbocycles. The van der Waals surface area contributed by atoms with Crippen LogP contribution in [0.3, 0.4) is 0 Å². The van der Waals surface area contributed by atoms with Crippen molar-refractivity contribution in [1.29, 1.82) is 0 Å². The number of hydrogen-bond donors (Lipinski definition) is 2. The van der Waals surface area contributed by atoms with Crippen molar-refractivity contribution in [3.63, 3.8) is 0 Å². The topological polar surface area (TPSA) is 79.5 Å². The fourth-order valence-electron chi connectivity index (χ4n) is 3.00. The lowest BCUT2D eigenvalue weighted by Gasteiger charge is -2.10. The number of nitrogens with one attached hydrogen (secondary N) is 1. The fourth-order valence-corrected chi connectivity index (χ4v) is 3.12. The number of carbonyl (C=O) groups is 1. The molecule has 3 rings (SSSR count). The molecule has 0 unspecified atom stereocenters. The summed E-state index contributed by atoms with van der Waals surface area (Å²) in [5.74, 6) is -0.0647. The molecule has 27 heavy (non-hydrogen) atoms. The summed E-state index contributed by atoms with van der Waals surface area (Å²) in [7, 11) is 0. The Labute approximate surface area is 161 Å². The van der Waals surface area contributed by atoms with Crippen LogP contribution < -0.4 is 10.9 Å². The summed E-state index contributed by atoms with van der Waals surface area (Å²) in [5.41, 5.74) is 2.64. The molecule has 0 aliphatic rings. The highest BCUT2D eigenvalue weighted by atomic mass is 35.5. The summed E-state index contributed by atoms with van der Waals surface area (Å²) >= 11 is 5.84. The van der Waals surface area contributed by atoms with E-state index in [2.05, 4.69) is 5.32 Å². The predicted molar refractivity (Wildman–Crippen MR) is 105 cm³/mol. The molecule has 0 radical (unpaired) electrons. The highest BCUT2D eigenvalue weighted by Gasteiger charge is 2.15. The van der Waals surface area contributed by atoms with Gasteiger partial charge in [0.2, 0.25) is 5.91 Å². The van der Waals surface area contributed by atoms with Crippen molar-refractivity contribution >= 4 is 28.5 Å². The van der Waals surface area contributed by atoms with Gasteiger partial charge in [-0.05, 0) is 55.7 Å². The van der Waals surface area contributed by atoms with Gasteiger partial charge in [0.05, 0.1) is 0 Å². The monoisotopic (exact) mass is 385 g/mol. The quantitative estimate of drug-likeness (QED) is 0.650. The lowest BCUT2D eigenvalue weighted by atomic mass is 10.0.